The Hall–Kier alpha value is -1.68. The molecule has 9 atom stereocenters. The van der Waals surface area contributed by atoms with Gasteiger partial charge in [0.2, 0.25) is 0 Å². The fourth-order valence-electron chi connectivity index (χ4n) is 8.07. The van der Waals surface area contributed by atoms with Crippen molar-refractivity contribution in [2.75, 3.05) is 0 Å². The van der Waals surface area contributed by atoms with Crippen LogP contribution in [-0.2, 0) is 9.59 Å². The second kappa shape index (κ2) is 5.91. The molecule has 0 heterocycles. The van der Waals surface area contributed by atoms with Crippen LogP contribution in [0.25, 0.3) is 0 Å². The molecule has 4 nitrogen and oxygen atoms in total. The first-order valence-corrected chi connectivity index (χ1v) is 10.8. The number of hydrogen-bond acceptors (Lipinski definition) is 3. The predicted octanol–water partition coefficient (Wildman–Crippen LogP) is 3.77. The van der Waals surface area contributed by atoms with Gasteiger partial charge in [-0.25, -0.2) is 4.79 Å². The van der Waals surface area contributed by atoms with E-state index >= 15 is 0 Å². The number of aliphatic hydroxyl groups is 1. The van der Waals surface area contributed by atoms with Gasteiger partial charge in [-0.1, -0.05) is 18.6 Å². The van der Waals surface area contributed by atoms with Gasteiger partial charge in [-0.3, -0.25) is 4.79 Å². The predicted molar refractivity (Wildman–Crippen MR) is 105 cm³/mol. The molecule has 0 unspecified atom stereocenters. The van der Waals surface area contributed by atoms with Crippen molar-refractivity contribution in [3.8, 4) is 0 Å². The maximum Gasteiger partial charge on any atom is 0.328 e. The van der Waals surface area contributed by atoms with Gasteiger partial charge in [-0.2, -0.15) is 0 Å². The molecule has 0 saturated heterocycles. The van der Waals surface area contributed by atoms with Crippen LogP contribution in [0.4, 0.5) is 0 Å². The van der Waals surface area contributed by atoms with E-state index in [1.54, 1.807) is 6.08 Å². The monoisotopic (exact) mass is 382 g/mol. The minimum absolute atomic E-state index is 0.187. The Kier molecular flexibility index (Phi) is 3.88. The molecule has 28 heavy (non-hydrogen) atoms. The van der Waals surface area contributed by atoms with Gasteiger partial charge in [0.15, 0.2) is 5.78 Å². The highest BCUT2D eigenvalue weighted by molar-refractivity contribution is 5.91. The molecular formula is C24H30O4. The lowest BCUT2D eigenvalue weighted by molar-refractivity contribution is -0.133. The molecule has 150 valence electrons. The molecule has 0 aliphatic heterocycles. The third-order valence-corrected chi connectivity index (χ3v) is 9.21. The van der Waals surface area contributed by atoms with Gasteiger partial charge in [-0.15, -0.1) is 6.58 Å². The molecule has 4 saturated carbocycles. The van der Waals surface area contributed by atoms with Gasteiger partial charge in [0, 0.05) is 17.9 Å². The van der Waals surface area contributed by atoms with Crippen molar-refractivity contribution in [1.82, 2.24) is 0 Å². The molecule has 5 aliphatic carbocycles. The first kappa shape index (κ1) is 18.4. The van der Waals surface area contributed by atoms with Gasteiger partial charge in [-0.05, 0) is 85.7 Å². The standard InChI is InChI=1S/C24H30O4/c1-3-13-10-14-11-15(25)4-5-16(14)17-6-8-23(2)22(21(13)17)18-12-19(18)24(23,28)9-7-20(26)27/h3,7,9,11,13,16-19,21-22,28H,1,4-6,8,10,12H2,2H3,(H,26,27)/b9-7-/t13-,16-,17+,18-,19+,21+,22-,23-,24-/m0/s1. The van der Waals surface area contributed by atoms with E-state index in [-0.39, 0.29) is 17.1 Å². The third-order valence-electron chi connectivity index (χ3n) is 9.21. The van der Waals surface area contributed by atoms with Crippen LogP contribution in [0.15, 0.2) is 36.5 Å². The summed E-state index contributed by atoms with van der Waals surface area (Å²) >= 11 is 0. The number of rotatable bonds is 3. The van der Waals surface area contributed by atoms with Crippen LogP contribution in [0.2, 0.25) is 0 Å². The molecule has 0 spiro atoms. The number of fused-ring (bicyclic) bond motifs is 7. The zero-order valence-electron chi connectivity index (χ0n) is 16.5. The maximum absolute atomic E-state index is 12.0. The summed E-state index contributed by atoms with van der Waals surface area (Å²) in [6.45, 7) is 6.33. The Morgan fingerprint density at radius 1 is 1.32 bits per heavy atom. The van der Waals surface area contributed by atoms with Crippen LogP contribution in [-0.4, -0.2) is 27.6 Å². The van der Waals surface area contributed by atoms with Crippen LogP contribution in [0.1, 0.15) is 45.4 Å². The number of carbonyl (C=O) groups excluding carboxylic acids is 1. The molecule has 0 amide bonds. The molecule has 5 rings (SSSR count). The van der Waals surface area contributed by atoms with Crippen LogP contribution in [0.3, 0.4) is 0 Å². The van der Waals surface area contributed by atoms with E-state index in [1.165, 1.54) is 5.57 Å². The van der Waals surface area contributed by atoms with Crippen molar-refractivity contribution >= 4 is 11.8 Å². The molecule has 0 aromatic carbocycles. The van der Waals surface area contributed by atoms with Crippen molar-refractivity contribution in [1.29, 1.82) is 0 Å². The highest BCUT2D eigenvalue weighted by Crippen LogP contribution is 2.76. The molecule has 0 bridgehead atoms. The van der Waals surface area contributed by atoms with Crippen LogP contribution in [0, 0.1) is 46.8 Å². The van der Waals surface area contributed by atoms with E-state index in [4.69, 9.17) is 5.11 Å². The normalized spacial score (nSPS) is 51.6. The van der Waals surface area contributed by atoms with Crippen LogP contribution >= 0.6 is 0 Å². The van der Waals surface area contributed by atoms with Crippen molar-refractivity contribution in [3.63, 3.8) is 0 Å². The Balaban J connectivity index is 1.54. The van der Waals surface area contributed by atoms with Gasteiger partial charge in [0.1, 0.15) is 0 Å². The first-order valence-electron chi connectivity index (χ1n) is 10.8. The van der Waals surface area contributed by atoms with Gasteiger partial charge >= 0.3 is 5.97 Å². The number of hydrogen-bond donors (Lipinski definition) is 2. The fraction of sp³-hybridized carbons (Fsp3) is 0.667. The quantitative estimate of drug-likeness (QED) is 0.576. The first-order chi connectivity index (χ1) is 13.3. The Morgan fingerprint density at radius 3 is 2.82 bits per heavy atom. The molecule has 4 fully saturated rings. The summed E-state index contributed by atoms with van der Waals surface area (Å²) in [6.07, 6.45) is 12.3. The number of carboxylic acids is 1. The van der Waals surface area contributed by atoms with Crippen LogP contribution in [0.5, 0.6) is 0 Å². The Labute approximate surface area is 166 Å². The molecular weight excluding hydrogens is 352 g/mol. The zero-order chi connectivity index (χ0) is 19.8. The molecule has 0 radical (unpaired) electrons. The van der Waals surface area contributed by atoms with Gasteiger partial charge < -0.3 is 10.2 Å². The molecule has 5 aliphatic rings. The second-order valence-corrected chi connectivity index (χ2v) is 10.2. The summed E-state index contributed by atoms with van der Waals surface area (Å²) in [4.78, 5) is 23.1. The highest BCUT2D eigenvalue weighted by atomic mass is 16.4. The highest BCUT2D eigenvalue weighted by Gasteiger charge is 2.75. The number of carbonyl (C=O) groups is 2. The Bertz CT molecular complexity index is 809. The van der Waals surface area contributed by atoms with Crippen molar-refractivity contribution < 1.29 is 19.8 Å². The smallest absolute Gasteiger partial charge is 0.328 e. The lowest BCUT2D eigenvalue weighted by atomic mass is 9.47. The number of ketones is 1. The average molecular weight is 383 g/mol. The second-order valence-electron chi connectivity index (χ2n) is 10.2. The zero-order valence-corrected chi connectivity index (χ0v) is 16.5. The minimum atomic E-state index is -1.02. The van der Waals surface area contributed by atoms with E-state index in [9.17, 15) is 14.7 Å². The molecule has 0 aromatic heterocycles. The lowest BCUT2D eigenvalue weighted by Crippen LogP contribution is -2.56. The van der Waals surface area contributed by atoms with E-state index < -0.39 is 11.6 Å². The van der Waals surface area contributed by atoms with Crippen molar-refractivity contribution in [2.45, 2.75) is 51.0 Å². The minimum Gasteiger partial charge on any atom is -0.478 e. The molecule has 2 N–H and O–H groups in total. The van der Waals surface area contributed by atoms with Gasteiger partial charge in [0.05, 0.1) is 5.60 Å². The van der Waals surface area contributed by atoms with E-state index in [2.05, 4.69) is 19.6 Å². The molecule has 4 heteroatoms. The topological polar surface area (TPSA) is 74.6 Å². The Morgan fingerprint density at radius 2 is 2.11 bits per heavy atom. The summed E-state index contributed by atoms with van der Waals surface area (Å²) < 4.78 is 0. The molecule has 0 aromatic rings. The third kappa shape index (κ3) is 2.27. The largest absolute Gasteiger partial charge is 0.478 e. The summed E-state index contributed by atoms with van der Waals surface area (Å²) in [7, 11) is 0. The maximum atomic E-state index is 12.0. The lowest BCUT2D eigenvalue weighted by Gasteiger charge is -2.58. The summed E-state index contributed by atoms with van der Waals surface area (Å²) in [5.74, 6) is 2.24. The van der Waals surface area contributed by atoms with Crippen molar-refractivity contribution in [3.05, 3.63) is 36.5 Å². The van der Waals surface area contributed by atoms with E-state index in [1.807, 2.05) is 6.08 Å². The van der Waals surface area contributed by atoms with Crippen molar-refractivity contribution in [2.24, 2.45) is 46.8 Å². The average Bonchev–Trinajstić information content (AvgIpc) is 3.42. The number of aliphatic carboxylic acids is 1. The number of carboxylic acid groups (broad SMARTS) is 1. The summed E-state index contributed by atoms with van der Waals surface area (Å²) in [5.41, 5.74) is 0.0360. The summed E-state index contributed by atoms with van der Waals surface area (Å²) in [6, 6.07) is 0. The van der Waals surface area contributed by atoms with Crippen LogP contribution < -0.4 is 0 Å². The van der Waals surface area contributed by atoms with Gasteiger partial charge in [0.25, 0.3) is 0 Å². The van der Waals surface area contributed by atoms with E-state index in [0.29, 0.717) is 41.9 Å². The number of allylic oxidation sites excluding steroid dienone is 2. The van der Waals surface area contributed by atoms with E-state index in [0.717, 1.165) is 38.2 Å². The SMILES string of the molecule is C=C[C@H]1CC2=CC(=O)CC[C@@H]2[C@H]2CC[C@@]3(C)[C@@H]([C@H]4C[C@H]4[C@@]3(O)/C=C\C(=O)O)[C@@H]21. The fourth-order valence-corrected chi connectivity index (χ4v) is 8.07. The summed E-state index contributed by atoms with van der Waals surface area (Å²) in [5, 5.41) is 20.8.